The number of hydrogen-bond donors (Lipinski definition) is 1. The molecule has 0 spiro atoms. The number of halogens is 1. The minimum absolute atomic E-state index is 0.0923. The molecule has 0 saturated carbocycles. The van der Waals surface area contributed by atoms with Crippen LogP contribution in [0, 0.1) is 12.7 Å². The molecule has 0 saturated heterocycles. The highest BCUT2D eigenvalue weighted by molar-refractivity contribution is 5.46. The molecule has 0 unspecified atom stereocenters. The molecule has 0 atom stereocenters. The normalized spacial score (nSPS) is 10.6. The lowest BCUT2D eigenvalue weighted by Crippen LogP contribution is -2.04. The molecule has 2 aromatic rings. The molecule has 1 N–H and O–H groups in total. The van der Waals surface area contributed by atoms with E-state index in [1.54, 1.807) is 13.0 Å². The highest BCUT2D eigenvalue weighted by atomic mass is 19.1. The molecular formula is C11H12FN3O2. The minimum atomic E-state index is -0.583. The molecule has 0 aliphatic heterocycles. The Hall–Kier alpha value is -1.95. The second-order valence-corrected chi connectivity index (χ2v) is 3.47. The van der Waals surface area contributed by atoms with E-state index in [1.165, 1.54) is 24.2 Å². The van der Waals surface area contributed by atoms with Gasteiger partial charge >= 0.3 is 0 Å². The van der Waals surface area contributed by atoms with Gasteiger partial charge in [0.05, 0.1) is 19.4 Å². The van der Waals surface area contributed by atoms with Crippen LogP contribution in [0.2, 0.25) is 0 Å². The highest BCUT2D eigenvalue weighted by Crippen LogP contribution is 2.25. The van der Waals surface area contributed by atoms with E-state index in [9.17, 15) is 9.50 Å². The average Bonchev–Trinajstić information content (AvgIpc) is 2.75. The molecule has 0 aliphatic carbocycles. The van der Waals surface area contributed by atoms with Gasteiger partial charge in [-0.15, -0.1) is 0 Å². The third-order valence-electron chi connectivity index (χ3n) is 2.41. The van der Waals surface area contributed by atoms with E-state index in [2.05, 4.69) is 10.1 Å². The van der Waals surface area contributed by atoms with Crippen molar-refractivity contribution in [3.8, 4) is 11.4 Å². The van der Waals surface area contributed by atoms with Crippen molar-refractivity contribution in [3.63, 3.8) is 0 Å². The highest BCUT2D eigenvalue weighted by Gasteiger charge is 2.15. The van der Waals surface area contributed by atoms with Gasteiger partial charge in [-0.05, 0) is 19.1 Å². The van der Waals surface area contributed by atoms with Crippen LogP contribution in [0.25, 0.3) is 5.69 Å². The molecule has 0 bridgehead atoms. The summed E-state index contributed by atoms with van der Waals surface area (Å²) < 4.78 is 20.2. The number of rotatable bonds is 3. The Labute approximate surface area is 97.5 Å². The topological polar surface area (TPSA) is 60.2 Å². The van der Waals surface area contributed by atoms with Crippen LogP contribution in [-0.4, -0.2) is 27.0 Å². The van der Waals surface area contributed by atoms with E-state index in [1.807, 2.05) is 0 Å². The summed E-state index contributed by atoms with van der Waals surface area (Å²) in [6.45, 7) is 1.30. The first-order valence-corrected chi connectivity index (χ1v) is 5.02. The molecule has 90 valence electrons. The molecule has 1 aromatic carbocycles. The average molecular weight is 237 g/mol. The predicted octanol–water partition coefficient (Wildman–Crippen LogP) is 1.22. The molecule has 6 heteroatoms. The van der Waals surface area contributed by atoms with Gasteiger partial charge in [-0.25, -0.2) is 14.1 Å². The number of nitrogens with zero attached hydrogens (tertiary/aromatic N) is 3. The fraction of sp³-hybridized carbons (Fsp3) is 0.273. The quantitative estimate of drug-likeness (QED) is 0.871. The zero-order valence-electron chi connectivity index (χ0n) is 9.51. The second kappa shape index (κ2) is 4.50. The van der Waals surface area contributed by atoms with E-state index in [0.717, 1.165) is 0 Å². The number of aryl methyl sites for hydroxylation is 1. The van der Waals surface area contributed by atoms with Crippen molar-refractivity contribution in [1.29, 1.82) is 0 Å². The summed E-state index contributed by atoms with van der Waals surface area (Å²) >= 11 is 0. The first-order valence-electron chi connectivity index (χ1n) is 5.02. The lowest BCUT2D eigenvalue weighted by molar-refractivity contribution is 0.272. The third kappa shape index (κ3) is 1.99. The number of ether oxygens (including phenoxy) is 1. The van der Waals surface area contributed by atoms with Crippen molar-refractivity contribution in [3.05, 3.63) is 35.7 Å². The zero-order valence-corrected chi connectivity index (χ0v) is 9.51. The predicted molar refractivity (Wildman–Crippen MR) is 58.5 cm³/mol. The maximum absolute atomic E-state index is 13.9. The largest absolute Gasteiger partial charge is 0.494 e. The number of benzene rings is 1. The fourth-order valence-corrected chi connectivity index (χ4v) is 1.57. The van der Waals surface area contributed by atoms with Crippen molar-refractivity contribution >= 4 is 0 Å². The second-order valence-electron chi connectivity index (χ2n) is 3.47. The van der Waals surface area contributed by atoms with Crippen molar-refractivity contribution in [1.82, 2.24) is 14.8 Å². The van der Waals surface area contributed by atoms with E-state index in [4.69, 9.17) is 4.74 Å². The Balaban J connectivity index is 2.58. The Morgan fingerprint density at radius 2 is 2.24 bits per heavy atom. The minimum Gasteiger partial charge on any atom is -0.494 e. The Morgan fingerprint density at radius 3 is 2.76 bits per heavy atom. The van der Waals surface area contributed by atoms with Crippen molar-refractivity contribution in [2.75, 3.05) is 7.11 Å². The first-order chi connectivity index (χ1) is 8.17. The summed E-state index contributed by atoms with van der Waals surface area (Å²) in [5, 5.41) is 13.3. The van der Waals surface area contributed by atoms with Gasteiger partial charge in [0.2, 0.25) is 0 Å². The van der Waals surface area contributed by atoms with Crippen LogP contribution in [0.15, 0.2) is 18.5 Å². The Kier molecular flexibility index (Phi) is 3.06. The summed E-state index contributed by atoms with van der Waals surface area (Å²) in [7, 11) is 1.37. The van der Waals surface area contributed by atoms with Crippen LogP contribution in [-0.2, 0) is 6.61 Å². The number of aromatic nitrogens is 3. The van der Waals surface area contributed by atoms with E-state index in [0.29, 0.717) is 11.5 Å². The summed E-state index contributed by atoms with van der Waals surface area (Å²) in [4.78, 5) is 3.96. The summed E-state index contributed by atoms with van der Waals surface area (Å²) in [6.07, 6.45) is 1.47. The van der Waals surface area contributed by atoms with Gasteiger partial charge < -0.3 is 9.84 Å². The summed E-state index contributed by atoms with van der Waals surface area (Å²) in [6, 6.07) is 3.11. The molecule has 0 aliphatic rings. The maximum Gasteiger partial charge on any atom is 0.172 e. The maximum atomic E-state index is 13.9. The lowest BCUT2D eigenvalue weighted by Gasteiger charge is -2.10. The van der Waals surface area contributed by atoms with Crippen LogP contribution < -0.4 is 4.74 Å². The van der Waals surface area contributed by atoms with Gasteiger partial charge in [0.25, 0.3) is 0 Å². The first kappa shape index (κ1) is 11.5. The zero-order chi connectivity index (χ0) is 12.4. The Morgan fingerprint density at radius 1 is 1.47 bits per heavy atom. The molecule has 0 fully saturated rings. The molecule has 1 heterocycles. The van der Waals surface area contributed by atoms with Crippen LogP contribution in [0.1, 0.15) is 11.4 Å². The number of aliphatic hydroxyl groups is 1. The van der Waals surface area contributed by atoms with Gasteiger partial charge in [-0.3, -0.25) is 0 Å². The number of aliphatic hydroxyl groups excluding tert-OH is 1. The van der Waals surface area contributed by atoms with E-state index < -0.39 is 12.4 Å². The standard InChI is InChI=1S/C11H12FN3O2/c1-7-13-6-15(14-7)9-3-4-10(17-2)11(12)8(9)5-16/h3-4,6,16H,5H2,1-2H3. The van der Waals surface area contributed by atoms with Crippen LogP contribution in [0.5, 0.6) is 5.75 Å². The number of hydrogen-bond acceptors (Lipinski definition) is 4. The fourth-order valence-electron chi connectivity index (χ4n) is 1.57. The van der Waals surface area contributed by atoms with Gasteiger partial charge in [0.1, 0.15) is 12.2 Å². The lowest BCUT2D eigenvalue weighted by atomic mass is 10.1. The molecule has 17 heavy (non-hydrogen) atoms. The molecular weight excluding hydrogens is 225 g/mol. The smallest absolute Gasteiger partial charge is 0.172 e. The van der Waals surface area contributed by atoms with Crippen molar-refractivity contribution in [2.45, 2.75) is 13.5 Å². The van der Waals surface area contributed by atoms with Crippen molar-refractivity contribution in [2.24, 2.45) is 0 Å². The van der Waals surface area contributed by atoms with Gasteiger partial charge in [-0.1, -0.05) is 0 Å². The molecule has 5 nitrogen and oxygen atoms in total. The van der Waals surface area contributed by atoms with Crippen LogP contribution in [0.4, 0.5) is 4.39 Å². The monoisotopic (exact) mass is 237 g/mol. The van der Waals surface area contributed by atoms with Crippen molar-refractivity contribution < 1.29 is 14.2 Å². The molecule has 1 aromatic heterocycles. The molecule has 2 rings (SSSR count). The number of methoxy groups -OCH3 is 1. The van der Waals surface area contributed by atoms with E-state index in [-0.39, 0.29) is 11.3 Å². The summed E-state index contributed by atoms with van der Waals surface area (Å²) in [5.74, 6) is 0.0837. The van der Waals surface area contributed by atoms with Crippen LogP contribution in [0.3, 0.4) is 0 Å². The summed E-state index contributed by atoms with van der Waals surface area (Å²) in [5.41, 5.74) is 0.584. The van der Waals surface area contributed by atoms with Gasteiger partial charge in [0.15, 0.2) is 11.6 Å². The SMILES string of the molecule is COc1ccc(-n2cnc(C)n2)c(CO)c1F. The van der Waals surface area contributed by atoms with E-state index >= 15 is 0 Å². The van der Waals surface area contributed by atoms with Gasteiger partial charge in [-0.2, -0.15) is 5.10 Å². The van der Waals surface area contributed by atoms with Crippen LogP contribution >= 0.6 is 0 Å². The third-order valence-corrected chi connectivity index (χ3v) is 2.41. The van der Waals surface area contributed by atoms with Gasteiger partial charge in [0, 0.05) is 5.56 Å². The molecule has 0 amide bonds. The molecule has 0 radical (unpaired) electrons. The Bertz CT molecular complexity index is 540.